The van der Waals surface area contributed by atoms with Crippen LogP contribution >= 0.6 is 11.6 Å². The summed E-state index contributed by atoms with van der Waals surface area (Å²) in [7, 11) is 0. The Morgan fingerprint density at radius 3 is 2.32 bits per heavy atom. The molecule has 2 rings (SSSR count). The highest BCUT2D eigenvalue weighted by atomic mass is 35.5. The molecule has 1 aromatic heterocycles. The maximum Gasteiger partial charge on any atom is 0.0944 e. The van der Waals surface area contributed by atoms with Crippen LogP contribution < -0.4 is 0 Å². The monoisotopic (exact) mass is 275 g/mol. The summed E-state index contributed by atoms with van der Waals surface area (Å²) in [6, 6.07) is 11.9. The summed E-state index contributed by atoms with van der Waals surface area (Å²) >= 11 is 5.92. The number of ether oxygens (including phenoxy) is 1. The molecule has 0 N–H and O–H groups in total. The summed E-state index contributed by atoms with van der Waals surface area (Å²) in [5.74, 6) is 0. The van der Waals surface area contributed by atoms with Crippen molar-refractivity contribution >= 4 is 11.6 Å². The third-order valence-corrected chi connectivity index (χ3v) is 3.46. The van der Waals surface area contributed by atoms with E-state index in [2.05, 4.69) is 11.9 Å². The molecule has 0 unspecified atom stereocenters. The highest BCUT2D eigenvalue weighted by molar-refractivity contribution is 6.30. The van der Waals surface area contributed by atoms with Crippen molar-refractivity contribution in [3.8, 4) is 0 Å². The molecule has 0 bridgehead atoms. The van der Waals surface area contributed by atoms with Crippen molar-refractivity contribution in [1.29, 1.82) is 0 Å². The van der Waals surface area contributed by atoms with Gasteiger partial charge in [0.15, 0.2) is 0 Å². The Labute approximate surface area is 119 Å². The van der Waals surface area contributed by atoms with Crippen molar-refractivity contribution in [1.82, 2.24) is 4.98 Å². The van der Waals surface area contributed by atoms with E-state index in [4.69, 9.17) is 16.3 Å². The number of hydrogen-bond donors (Lipinski definition) is 0. The molecule has 19 heavy (non-hydrogen) atoms. The van der Waals surface area contributed by atoms with E-state index < -0.39 is 0 Å². The van der Waals surface area contributed by atoms with E-state index in [0.717, 1.165) is 17.0 Å². The minimum Gasteiger partial charge on any atom is -0.371 e. The van der Waals surface area contributed by atoms with E-state index >= 15 is 0 Å². The lowest BCUT2D eigenvalue weighted by Crippen LogP contribution is -2.28. The quantitative estimate of drug-likeness (QED) is 0.815. The van der Waals surface area contributed by atoms with Gasteiger partial charge in [-0.15, -0.1) is 0 Å². The molecule has 3 heteroatoms. The number of nitrogens with zero attached hydrogens (tertiary/aromatic N) is 1. The normalized spacial score (nSPS) is 14.1. The van der Waals surface area contributed by atoms with Crippen LogP contribution in [0.3, 0.4) is 0 Å². The van der Waals surface area contributed by atoms with Gasteiger partial charge in [-0.3, -0.25) is 4.98 Å². The van der Waals surface area contributed by atoms with Gasteiger partial charge in [0.05, 0.1) is 5.60 Å². The van der Waals surface area contributed by atoms with Crippen molar-refractivity contribution in [2.24, 2.45) is 0 Å². The summed E-state index contributed by atoms with van der Waals surface area (Å²) in [4.78, 5) is 4.06. The first kappa shape index (κ1) is 14.0. The first-order valence-corrected chi connectivity index (χ1v) is 6.81. The van der Waals surface area contributed by atoms with Gasteiger partial charge in [0.25, 0.3) is 0 Å². The van der Waals surface area contributed by atoms with Gasteiger partial charge in [-0.25, -0.2) is 0 Å². The van der Waals surface area contributed by atoms with Gasteiger partial charge in [0.1, 0.15) is 0 Å². The fraction of sp³-hybridized carbons (Fsp3) is 0.312. The highest BCUT2D eigenvalue weighted by Crippen LogP contribution is 2.29. The summed E-state index contributed by atoms with van der Waals surface area (Å²) in [5, 5.41) is 0.755. The number of halogens is 1. The first-order chi connectivity index (χ1) is 9.14. The molecule has 1 aromatic carbocycles. The van der Waals surface area contributed by atoms with Crippen LogP contribution in [-0.4, -0.2) is 11.6 Å². The van der Waals surface area contributed by atoms with Gasteiger partial charge in [-0.05, 0) is 49.2 Å². The van der Waals surface area contributed by atoms with Crippen molar-refractivity contribution in [2.75, 3.05) is 6.61 Å². The minimum absolute atomic E-state index is 0.342. The molecule has 2 nitrogen and oxygen atoms in total. The lowest BCUT2D eigenvalue weighted by atomic mass is 9.89. The molecule has 0 amide bonds. The van der Waals surface area contributed by atoms with E-state index in [9.17, 15) is 0 Å². The second-order valence-electron chi connectivity index (χ2n) is 4.70. The van der Waals surface area contributed by atoms with Crippen LogP contribution in [0.2, 0.25) is 5.02 Å². The fourth-order valence-corrected chi connectivity index (χ4v) is 2.38. The molecule has 0 spiro atoms. The lowest BCUT2D eigenvalue weighted by molar-refractivity contribution is -0.0292. The number of aromatic nitrogens is 1. The Bertz CT molecular complexity index is 512. The Morgan fingerprint density at radius 1 is 1.11 bits per heavy atom. The van der Waals surface area contributed by atoms with Crippen LogP contribution in [0.15, 0.2) is 48.8 Å². The summed E-state index contributed by atoms with van der Waals surface area (Å²) in [5.41, 5.74) is 2.00. The topological polar surface area (TPSA) is 22.1 Å². The fourth-order valence-electron chi connectivity index (χ4n) is 2.25. The largest absolute Gasteiger partial charge is 0.371 e. The van der Waals surface area contributed by atoms with Crippen LogP contribution in [0.1, 0.15) is 25.0 Å². The van der Waals surface area contributed by atoms with Gasteiger partial charge in [0, 0.05) is 30.4 Å². The molecule has 0 aliphatic rings. The van der Waals surface area contributed by atoms with E-state index in [0.29, 0.717) is 6.61 Å². The minimum atomic E-state index is -0.342. The molecule has 0 saturated carbocycles. The molecule has 100 valence electrons. The molecular formula is C16H18ClNO. The molecular weight excluding hydrogens is 258 g/mol. The zero-order chi connectivity index (χ0) is 13.7. The van der Waals surface area contributed by atoms with Gasteiger partial charge in [0.2, 0.25) is 0 Å². The van der Waals surface area contributed by atoms with E-state index in [1.165, 1.54) is 5.56 Å². The molecule has 1 atom stereocenters. The number of pyridine rings is 1. The second-order valence-corrected chi connectivity index (χ2v) is 5.14. The van der Waals surface area contributed by atoms with Gasteiger partial charge < -0.3 is 4.74 Å². The Hall–Kier alpha value is -1.38. The maximum absolute atomic E-state index is 5.99. The predicted molar refractivity (Wildman–Crippen MR) is 78.4 cm³/mol. The van der Waals surface area contributed by atoms with Crippen LogP contribution in [0.5, 0.6) is 0 Å². The summed E-state index contributed by atoms with van der Waals surface area (Å²) < 4.78 is 5.99. The Kier molecular flexibility index (Phi) is 4.56. The number of hydrogen-bond acceptors (Lipinski definition) is 2. The second kappa shape index (κ2) is 6.18. The Balaban J connectivity index is 2.27. The molecule has 2 aromatic rings. The van der Waals surface area contributed by atoms with Crippen LogP contribution in [0, 0.1) is 0 Å². The van der Waals surface area contributed by atoms with Crippen LogP contribution in [0.4, 0.5) is 0 Å². The average Bonchev–Trinajstić information content (AvgIpc) is 2.43. The zero-order valence-electron chi connectivity index (χ0n) is 11.3. The van der Waals surface area contributed by atoms with E-state index in [1.54, 1.807) is 12.4 Å². The molecule has 0 aliphatic heterocycles. The van der Waals surface area contributed by atoms with Crippen molar-refractivity contribution in [3.05, 3.63) is 64.9 Å². The van der Waals surface area contributed by atoms with Crippen LogP contribution in [0.25, 0.3) is 0 Å². The molecule has 0 radical (unpaired) electrons. The van der Waals surface area contributed by atoms with Crippen molar-refractivity contribution in [3.63, 3.8) is 0 Å². The third-order valence-electron chi connectivity index (χ3n) is 3.21. The number of rotatable bonds is 5. The molecule has 0 saturated heterocycles. The van der Waals surface area contributed by atoms with E-state index in [1.807, 2.05) is 43.3 Å². The predicted octanol–water partition coefficient (Wildman–Crippen LogP) is 4.23. The van der Waals surface area contributed by atoms with Crippen molar-refractivity contribution < 1.29 is 4.74 Å². The molecule has 0 fully saturated rings. The van der Waals surface area contributed by atoms with Gasteiger partial charge in [-0.1, -0.05) is 23.7 Å². The lowest BCUT2D eigenvalue weighted by Gasteiger charge is -2.30. The van der Waals surface area contributed by atoms with Crippen LogP contribution in [-0.2, 0) is 16.8 Å². The molecule has 0 aliphatic carbocycles. The summed E-state index contributed by atoms with van der Waals surface area (Å²) in [6.45, 7) is 4.80. The van der Waals surface area contributed by atoms with Gasteiger partial charge in [-0.2, -0.15) is 0 Å². The zero-order valence-corrected chi connectivity index (χ0v) is 12.0. The maximum atomic E-state index is 5.99. The van der Waals surface area contributed by atoms with E-state index in [-0.39, 0.29) is 5.60 Å². The Morgan fingerprint density at radius 2 is 1.74 bits per heavy atom. The SMILES string of the molecule is CCO[C@@](C)(Cc1ccc(Cl)cc1)c1ccncc1. The molecule has 1 heterocycles. The third kappa shape index (κ3) is 3.55. The summed E-state index contributed by atoms with van der Waals surface area (Å²) in [6.07, 6.45) is 4.41. The standard InChI is InChI=1S/C16H18ClNO/c1-3-19-16(2,14-8-10-18-11-9-14)12-13-4-6-15(17)7-5-13/h4-11H,3,12H2,1-2H3/t16-/m0/s1. The number of benzene rings is 1. The van der Waals surface area contributed by atoms with Gasteiger partial charge >= 0.3 is 0 Å². The smallest absolute Gasteiger partial charge is 0.0944 e. The van der Waals surface area contributed by atoms with Crippen molar-refractivity contribution in [2.45, 2.75) is 25.9 Å². The first-order valence-electron chi connectivity index (χ1n) is 6.43. The highest BCUT2D eigenvalue weighted by Gasteiger charge is 2.27. The average molecular weight is 276 g/mol.